The highest BCUT2D eigenvalue weighted by molar-refractivity contribution is 6.04. The van der Waals surface area contributed by atoms with Gasteiger partial charge < -0.3 is 15.5 Å². The molecule has 8 heteroatoms. The molecule has 2 aliphatic heterocycles. The molecule has 1 saturated heterocycles. The van der Waals surface area contributed by atoms with Crippen LogP contribution in [0.5, 0.6) is 0 Å². The first-order valence-corrected chi connectivity index (χ1v) is 11.9. The van der Waals surface area contributed by atoms with Crippen LogP contribution in [0.15, 0.2) is 47.6 Å². The van der Waals surface area contributed by atoms with Crippen molar-refractivity contribution in [2.24, 2.45) is 5.10 Å². The summed E-state index contributed by atoms with van der Waals surface area (Å²) in [6, 6.07) is 12.9. The fourth-order valence-electron chi connectivity index (χ4n) is 4.71. The lowest BCUT2D eigenvalue weighted by atomic mass is 9.89. The SMILES string of the molecule is O=C(O)CN1CCc2ccc(C(=O)Nc3ccc(C=NN4CCCCC4)cc3)cc2C1CCO. The van der Waals surface area contributed by atoms with Crippen molar-refractivity contribution in [2.75, 3.05) is 38.1 Å². The van der Waals surface area contributed by atoms with Crippen molar-refractivity contribution in [3.05, 3.63) is 64.7 Å². The van der Waals surface area contributed by atoms with Gasteiger partial charge in [0.15, 0.2) is 0 Å². The Labute approximate surface area is 199 Å². The normalized spacial score (nSPS) is 18.6. The number of benzene rings is 2. The number of fused-ring (bicyclic) bond motifs is 1. The molecule has 2 aromatic carbocycles. The number of aliphatic carboxylic acids is 1. The van der Waals surface area contributed by atoms with Crippen molar-refractivity contribution < 1.29 is 19.8 Å². The number of hydrogen-bond acceptors (Lipinski definition) is 6. The number of carboxylic acids is 1. The van der Waals surface area contributed by atoms with Crippen molar-refractivity contribution in [1.29, 1.82) is 0 Å². The Balaban J connectivity index is 1.43. The maximum absolute atomic E-state index is 12.9. The molecule has 2 aliphatic rings. The van der Waals surface area contributed by atoms with E-state index in [9.17, 15) is 19.8 Å². The molecule has 2 heterocycles. The molecule has 0 spiro atoms. The molecule has 4 rings (SSSR count). The first-order chi connectivity index (χ1) is 16.5. The monoisotopic (exact) mass is 464 g/mol. The summed E-state index contributed by atoms with van der Waals surface area (Å²) in [4.78, 5) is 26.1. The summed E-state index contributed by atoms with van der Waals surface area (Å²) >= 11 is 0. The molecule has 0 bridgehead atoms. The van der Waals surface area contributed by atoms with Crippen LogP contribution in [0.1, 0.15) is 58.8 Å². The van der Waals surface area contributed by atoms with Crippen LogP contribution < -0.4 is 5.32 Å². The second kappa shape index (κ2) is 11.3. The zero-order valence-corrected chi connectivity index (χ0v) is 19.3. The van der Waals surface area contributed by atoms with Crippen LogP contribution in [0.25, 0.3) is 0 Å². The quantitative estimate of drug-likeness (QED) is 0.519. The van der Waals surface area contributed by atoms with Crippen LogP contribution in [0.2, 0.25) is 0 Å². The summed E-state index contributed by atoms with van der Waals surface area (Å²) in [5.41, 5.74) is 4.18. The standard InChI is InChI=1S/C26H32N4O4/c31-15-11-24-23-16-21(7-6-20(23)10-14-29(24)18-25(32)33)26(34)28-22-8-4-19(5-9-22)17-27-30-12-2-1-3-13-30/h4-9,16-17,24,31H,1-3,10-15,18H2,(H,28,34)(H,32,33). The number of rotatable bonds is 8. The van der Waals surface area contributed by atoms with E-state index >= 15 is 0 Å². The molecule has 1 atom stereocenters. The van der Waals surface area contributed by atoms with Gasteiger partial charge in [0, 0.05) is 43.5 Å². The van der Waals surface area contributed by atoms with E-state index in [1.54, 1.807) is 6.07 Å². The second-order valence-corrected chi connectivity index (χ2v) is 8.89. The van der Waals surface area contributed by atoms with Gasteiger partial charge in [-0.3, -0.25) is 19.5 Å². The molecule has 2 aromatic rings. The van der Waals surface area contributed by atoms with Gasteiger partial charge in [-0.1, -0.05) is 18.2 Å². The summed E-state index contributed by atoms with van der Waals surface area (Å²) in [5, 5.41) is 28.4. The Morgan fingerprint density at radius 3 is 2.53 bits per heavy atom. The van der Waals surface area contributed by atoms with Crippen LogP contribution in [0.3, 0.4) is 0 Å². The fourth-order valence-corrected chi connectivity index (χ4v) is 4.71. The molecule has 0 aromatic heterocycles. The molecule has 34 heavy (non-hydrogen) atoms. The number of amides is 1. The van der Waals surface area contributed by atoms with Crippen molar-refractivity contribution in [2.45, 2.75) is 38.1 Å². The molecule has 0 saturated carbocycles. The summed E-state index contributed by atoms with van der Waals surface area (Å²) in [5.74, 6) is -1.12. The zero-order valence-electron chi connectivity index (χ0n) is 19.3. The number of carbonyl (C=O) groups is 2. The number of hydrogen-bond donors (Lipinski definition) is 3. The minimum Gasteiger partial charge on any atom is -0.480 e. The van der Waals surface area contributed by atoms with Crippen molar-refractivity contribution >= 4 is 23.8 Å². The molecular weight excluding hydrogens is 432 g/mol. The largest absolute Gasteiger partial charge is 0.480 e. The molecule has 3 N–H and O–H groups in total. The lowest BCUT2D eigenvalue weighted by Crippen LogP contribution is -2.39. The van der Waals surface area contributed by atoms with Gasteiger partial charge in [-0.2, -0.15) is 5.10 Å². The Kier molecular flexibility index (Phi) is 7.92. The Hall–Kier alpha value is -3.23. The van der Waals surface area contributed by atoms with E-state index in [0.29, 0.717) is 30.6 Å². The van der Waals surface area contributed by atoms with E-state index in [1.807, 2.05) is 47.5 Å². The molecule has 0 aliphatic carbocycles. The number of nitrogens with zero attached hydrogens (tertiary/aromatic N) is 3. The first-order valence-electron chi connectivity index (χ1n) is 11.9. The Bertz CT molecular complexity index is 1030. The molecule has 8 nitrogen and oxygen atoms in total. The van der Waals surface area contributed by atoms with Crippen LogP contribution in [-0.2, 0) is 11.2 Å². The average molecular weight is 465 g/mol. The number of aliphatic hydroxyl groups excluding tert-OH is 1. The minimum absolute atomic E-state index is 0.0515. The van der Waals surface area contributed by atoms with Crippen molar-refractivity contribution in [3.63, 3.8) is 0 Å². The van der Waals surface area contributed by atoms with E-state index in [2.05, 4.69) is 15.4 Å². The van der Waals surface area contributed by atoms with Crippen LogP contribution in [-0.4, -0.2) is 71.0 Å². The van der Waals surface area contributed by atoms with Crippen LogP contribution >= 0.6 is 0 Å². The molecule has 1 unspecified atom stereocenters. The third kappa shape index (κ3) is 6.01. The smallest absolute Gasteiger partial charge is 0.317 e. The molecule has 180 valence electrons. The average Bonchev–Trinajstić information content (AvgIpc) is 2.85. The van der Waals surface area contributed by atoms with E-state index in [0.717, 1.165) is 29.8 Å². The highest BCUT2D eigenvalue weighted by Crippen LogP contribution is 2.33. The van der Waals surface area contributed by atoms with Gasteiger partial charge in [0.05, 0.1) is 12.8 Å². The summed E-state index contributed by atoms with van der Waals surface area (Å²) in [6.45, 7) is 2.47. The highest BCUT2D eigenvalue weighted by Gasteiger charge is 2.29. The fraction of sp³-hybridized carbons (Fsp3) is 0.423. The maximum atomic E-state index is 12.9. The predicted octanol–water partition coefficient (Wildman–Crippen LogP) is 3.12. The van der Waals surface area contributed by atoms with Gasteiger partial charge in [-0.05, 0) is 73.1 Å². The van der Waals surface area contributed by atoms with Gasteiger partial charge in [-0.25, -0.2) is 0 Å². The van der Waals surface area contributed by atoms with Gasteiger partial charge >= 0.3 is 5.97 Å². The number of carboxylic acid groups (broad SMARTS) is 1. The summed E-state index contributed by atoms with van der Waals surface area (Å²) in [6.07, 6.45) is 6.63. The topological polar surface area (TPSA) is 105 Å². The van der Waals surface area contributed by atoms with Gasteiger partial charge in [0.1, 0.15) is 0 Å². The van der Waals surface area contributed by atoms with Crippen molar-refractivity contribution in [3.8, 4) is 0 Å². The van der Waals surface area contributed by atoms with E-state index in [4.69, 9.17) is 0 Å². The third-order valence-electron chi connectivity index (χ3n) is 6.49. The highest BCUT2D eigenvalue weighted by atomic mass is 16.4. The molecule has 0 radical (unpaired) electrons. The predicted molar refractivity (Wildman–Crippen MR) is 131 cm³/mol. The van der Waals surface area contributed by atoms with Crippen molar-refractivity contribution in [1.82, 2.24) is 9.91 Å². The summed E-state index contributed by atoms with van der Waals surface area (Å²) in [7, 11) is 0. The molecular formula is C26H32N4O4. The Morgan fingerprint density at radius 1 is 1.06 bits per heavy atom. The number of carbonyl (C=O) groups excluding carboxylic acids is 1. The zero-order chi connectivity index (χ0) is 23.9. The first kappa shape index (κ1) is 23.9. The van der Waals surface area contributed by atoms with Crippen LogP contribution in [0, 0.1) is 0 Å². The van der Waals surface area contributed by atoms with Gasteiger partial charge in [-0.15, -0.1) is 0 Å². The van der Waals surface area contributed by atoms with Crippen LogP contribution in [0.4, 0.5) is 5.69 Å². The number of hydrazone groups is 1. The number of nitrogens with one attached hydrogen (secondary N) is 1. The molecule has 1 fully saturated rings. The number of aliphatic hydroxyl groups is 1. The number of anilines is 1. The van der Waals surface area contributed by atoms with E-state index in [1.165, 1.54) is 19.3 Å². The third-order valence-corrected chi connectivity index (χ3v) is 6.49. The van der Waals surface area contributed by atoms with Gasteiger partial charge in [0.25, 0.3) is 5.91 Å². The van der Waals surface area contributed by atoms with E-state index in [-0.39, 0.29) is 25.1 Å². The second-order valence-electron chi connectivity index (χ2n) is 8.89. The summed E-state index contributed by atoms with van der Waals surface area (Å²) < 4.78 is 0. The minimum atomic E-state index is -0.898. The lowest BCUT2D eigenvalue weighted by Gasteiger charge is -2.36. The van der Waals surface area contributed by atoms with Gasteiger partial charge in [0.2, 0.25) is 0 Å². The maximum Gasteiger partial charge on any atom is 0.317 e. The molecule has 1 amide bonds. The Morgan fingerprint density at radius 2 is 1.82 bits per heavy atom. The lowest BCUT2D eigenvalue weighted by molar-refractivity contribution is -0.139. The van der Waals surface area contributed by atoms with E-state index < -0.39 is 5.97 Å². The number of piperidine rings is 1.